The van der Waals surface area contributed by atoms with Crippen LogP contribution in [0.5, 0.6) is 0 Å². The van der Waals surface area contributed by atoms with Crippen molar-refractivity contribution in [3.8, 4) is 0 Å². The number of sulfonamides is 1. The van der Waals surface area contributed by atoms with Gasteiger partial charge in [-0.1, -0.05) is 19.1 Å². The van der Waals surface area contributed by atoms with Gasteiger partial charge in [-0.2, -0.15) is 0 Å². The molecule has 5 nitrogen and oxygen atoms in total. The van der Waals surface area contributed by atoms with Crippen LogP contribution in [0.2, 0.25) is 0 Å². The van der Waals surface area contributed by atoms with Crippen LogP contribution in [0.3, 0.4) is 0 Å². The number of hydrogen-bond acceptors (Lipinski definition) is 4. The SMILES string of the molecule is CCSc1ccccc1NC(=O)[C@@H]1CCCN(S(=O)(=O)CC)C1. The van der Waals surface area contributed by atoms with E-state index in [0.717, 1.165) is 29.2 Å². The topological polar surface area (TPSA) is 66.5 Å². The Morgan fingerprint density at radius 3 is 2.78 bits per heavy atom. The van der Waals surface area contributed by atoms with E-state index in [1.165, 1.54) is 4.31 Å². The van der Waals surface area contributed by atoms with Crippen molar-refractivity contribution in [2.45, 2.75) is 31.6 Å². The van der Waals surface area contributed by atoms with E-state index in [4.69, 9.17) is 0 Å². The molecule has 1 aliphatic heterocycles. The smallest absolute Gasteiger partial charge is 0.228 e. The molecule has 1 N–H and O–H groups in total. The third-order valence-electron chi connectivity index (χ3n) is 3.96. The van der Waals surface area contributed by atoms with E-state index in [9.17, 15) is 13.2 Å². The molecule has 1 saturated heterocycles. The lowest BCUT2D eigenvalue weighted by Crippen LogP contribution is -2.44. The quantitative estimate of drug-likeness (QED) is 0.796. The minimum Gasteiger partial charge on any atom is -0.325 e. The highest BCUT2D eigenvalue weighted by Crippen LogP contribution is 2.28. The largest absolute Gasteiger partial charge is 0.325 e. The van der Waals surface area contributed by atoms with E-state index in [1.54, 1.807) is 18.7 Å². The Morgan fingerprint density at radius 1 is 1.35 bits per heavy atom. The molecule has 0 unspecified atom stereocenters. The molecule has 128 valence electrons. The molecule has 1 heterocycles. The molecule has 0 aliphatic carbocycles. The molecule has 1 atom stereocenters. The molecule has 0 spiro atoms. The molecule has 7 heteroatoms. The van der Waals surface area contributed by atoms with Crippen molar-refractivity contribution >= 4 is 33.4 Å². The first kappa shape index (κ1) is 18.3. The van der Waals surface area contributed by atoms with Gasteiger partial charge in [-0.15, -0.1) is 11.8 Å². The van der Waals surface area contributed by atoms with Gasteiger partial charge in [0.1, 0.15) is 0 Å². The second-order valence-electron chi connectivity index (χ2n) is 5.52. The lowest BCUT2D eigenvalue weighted by Gasteiger charge is -2.31. The molecular weight excluding hydrogens is 332 g/mol. The average molecular weight is 357 g/mol. The minimum atomic E-state index is -3.23. The minimum absolute atomic E-state index is 0.0807. The van der Waals surface area contributed by atoms with Crippen molar-refractivity contribution in [2.75, 3.05) is 29.9 Å². The van der Waals surface area contributed by atoms with Crippen molar-refractivity contribution in [2.24, 2.45) is 5.92 Å². The molecule has 0 saturated carbocycles. The number of anilines is 1. The van der Waals surface area contributed by atoms with Gasteiger partial charge in [0.25, 0.3) is 0 Å². The Bertz CT molecular complexity index is 646. The Kier molecular flexibility index (Phi) is 6.50. The summed E-state index contributed by atoms with van der Waals surface area (Å²) in [6.07, 6.45) is 1.45. The molecular formula is C16H24N2O3S2. The fraction of sp³-hybridized carbons (Fsp3) is 0.562. The van der Waals surface area contributed by atoms with E-state index in [1.807, 2.05) is 24.3 Å². The summed E-state index contributed by atoms with van der Waals surface area (Å²) in [5, 5.41) is 2.97. The first-order valence-corrected chi connectivity index (χ1v) is 10.6. The Balaban J connectivity index is 2.06. The van der Waals surface area contributed by atoms with Gasteiger partial charge in [-0.3, -0.25) is 4.79 Å². The molecule has 23 heavy (non-hydrogen) atoms. The van der Waals surface area contributed by atoms with Crippen LogP contribution in [0.15, 0.2) is 29.2 Å². The molecule has 1 fully saturated rings. The predicted molar refractivity (Wildman–Crippen MR) is 95.2 cm³/mol. The number of benzene rings is 1. The average Bonchev–Trinajstić information content (AvgIpc) is 2.57. The summed E-state index contributed by atoms with van der Waals surface area (Å²) in [4.78, 5) is 13.6. The van der Waals surface area contributed by atoms with Crippen LogP contribution in [0.25, 0.3) is 0 Å². The van der Waals surface area contributed by atoms with Crippen LogP contribution in [0.4, 0.5) is 5.69 Å². The molecule has 1 aromatic rings. The zero-order valence-electron chi connectivity index (χ0n) is 13.6. The van der Waals surface area contributed by atoms with Gasteiger partial charge in [-0.05, 0) is 37.7 Å². The number of nitrogens with zero attached hydrogens (tertiary/aromatic N) is 1. The number of rotatable bonds is 6. The van der Waals surface area contributed by atoms with E-state index < -0.39 is 10.0 Å². The molecule has 0 aromatic heterocycles. The number of amides is 1. The maximum absolute atomic E-state index is 12.5. The number of hydrogen-bond donors (Lipinski definition) is 1. The normalized spacial score (nSPS) is 19.5. The van der Waals surface area contributed by atoms with Gasteiger partial charge in [0.05, 0.1) is 17.4 Å². The number of carbonyl (C=O) groups excluding carboxylic acids is 1. The summed E-state index contributed by atoms with van der Waals surface area (Å²) in [5.41, 5.74) is 0.805. The molecule has 1 aromatic carbocycles. The molecule has 1 amide bonds. The number of thioether (sulfide) groups is 1. The number of piperidine rings is 1. The number of para-hydroxylation sites is 1. The van der Waals surface area contributed by atoms with Crippen molar-refractivity contribution in [1.82, 2.24) is 4.31 Å². The summed E-state index contributed by atoms with van der Waals surface area (Å²) < 4.78 is 25.5. The lowest BCUT2D eigenvalue weighted by molar-refractivity contribution is -0.120. The number of nitrogens with one attached hydrogen (secondary N) is 1. The van der Waals surface area contributed by atoms with Gasteiger partial charge in [0.2, 0.25) is 15.9 Å². The van der Waals surface area contributed by atoms with Crippen molar-refractivity contribution in [1.29, 1.82) is 0 Å². The van der Waals surface area contributed by atoms with E-state index in [-0.39, 0.29) is 24.1 Å². The molecule has 2 rings (SSSR count). The van der Waals surface area contributed by atoms with Crippen LogP contribution in [-0.4, -0.2) is 43.2 Å². The molecule has 1 aliphatic rings. The fourth-order valence-electron chi connectivity index (χ4n) is 2.68. The summed E-state index contributed by atoms with van der Waals surface area (Å²) in [7, 11) is -3.23. The maximum atomic E-state index is 12.5. The van der Waals surface area contributed by atoms with Crippen molar-refractivity contribution in [3.05, 3.63) is 24.3 Å². The highest BCUT2D eigenvalue weighted by molar-refractivity contribution is 7.99. The molecule has 0 bridgehead atoms. The number of carbonyl (C=O) groups is 1. The van der Waals surface area contributed by atoms with Crippen LogP contribution in [0.1, 0.15) is 26.7 Å². The third-order valence-corrected chi connectivity index (χ3v) is 6.76. The Hall–Kier alpha value is -1.05. The van der Waals surface area contributed by atoms with E-state index in [0.29, 0.717) is 6.54 Å². The third kappa shape index (κ3) is 4.71. The zero-order chi connectivity index (χ0) is 16.9. The van der Waals surface area contributed by atoms with Crippen molar-refractivity contribution in [3.63, 3.8) is 0 Å². The van der Waals surface area contributed by atoms with Gasteiger partial charge in [-0.25, -0.2) is 12.7 Å². The Morgan fingerprint density at radius 2 is 2.09 bits per heavy atom. The lowest BCUT2D eigenvalue weighted by atomic mass is 9.99. The monoisotopic (exact) mass is 356 g/mol. The van der Waals surface area contributed by atoms with Crippen LogP contribution in [0, 0.1) is 5.92 Å². The first-order chi connectivity index (χ1) is 11.0. The van der Waals surface area contributed by atoms with Gasteiger partial charge < -0.3 is 5.32 Å². The highest BCUT2D eigenvalue weighted by atomic mass is 32.2. The van der Waals surface area contributed by atoms with E-state index in [2.05, 4.69) is 12.2 Å². The first-order valence-electron chi connectivity index (χ1n) is 7.98. The van der Waals surface area contributed by atoms with Crippen LogP contribution < -0.4 is 5.32 Å². The summed E-state index contributed by atoms with van der Waals surface area (Å²) in [6.45, 7) is 4.50. The standard InChI is InChI=1S/C16H24N2O3S2/c1-3-22-15-10-6-5-9-14(15)17-16(19)13-8-7-11-18(12-13)23(20,21)4-2/h5-6,9-10,13H,3-4,7-8,11-12H2,1-2H3,(H,17,19)/t13-/m1/s1. The summed E-state index contributed by atoms with van der Waals surface area (Å²) in [6, 6.07) is 7.71. The van der Waals surface area contributed by atoms with E-state index >= 15 is 0 Å². The fourth-order valence-corrected chi connectivity index (χ4v) is 4.62. The second kappa shape index (κ2) is 8.17. The Labute approximate surface area is 142 Å². The summed E-state index contributed by atoms with van der Waals surface area (Å²) in [5.74, 6) is 0.630. The summed E-state index contributed by atoms with van der Waals surface area (Å²) >= 11 is 1.68. The van der Waals surface area contributed by atoms with Gasteiger partial charge in [0, 0.05) is 18.0 Å². The van der Waals surface area contributed by atoms with Crippen LogP contribution in [-0.2, 0) is 14.8 Å². The molecule has 0 radical (unpaired) electrons. The second-order valence-corrected chi connectivity index (χ2v) is 9.08. The zero-order valence-corrected chi connectivity index (χ0v) is 15.3. The van der Waals surface area contributed by atoms with Gasteiger partial charge >= 0.3 is 0 Å². The van der Waals surface area contributed by atoms with Crippen LogP contribution >= 0.6 is 11.8 Å². The van der Waals surface area contributed by atoms with Gasteiger partial charge in [0.15, 0.2) is 0 Å². The highest BCUT2D eigenvalue weighted by Gasteiger charge is 2.31. The van der Waals surface area contributed by atoms with Crippen molar-refractivity contribution < 1.29 is 13.2 Å². The predicted octanol–water partition coefficient (Wildman–Crippen LogP) is 2.80. The maximum Gasteiger partial charge on any atom is 0.228 e.